The van der Waals surface area contributed by atoms with Gasteiger partial charge in [0, 0.05) is 6.42 Å². The van der Waals surface area contributed by atoms with E-state index in [-0.39, 0.29) is 5.97 Å². The van der Waals surface area contributed by atoms with Crippen LogP contribution in [0.1, 0.15) is 316 Å². The van der Waals surface area contributed by atoms with E-state index < -0.39 is 0 Å². The maximum absolute atomic E-state index is 12.1. The molecule has 0 saturated carbocycles. The summed E-state index contributed by atoms with van der Waals surface area (Å²) in [6.07, 6.45) is 65.3. The molecule has 2 nitrogen and oxygen atoms in total. The lowest BCUT2D eigenvalue weighted by molar-refractivity contribution is -0.143. The molecule has 0 saturated heterocycles. The van der Waals surface area contributed by atoms with Crippen LogP contribution < -0.4 is 0 Å². The highest BCUT2D eigenvalue weighted by atomic mass is 16.5. The molecule has 2 heteroatoms. The topological polar surface area (TPSA) is 26.3 Å². The van der Waals surface area contributed by atoms with Crippen LogP contribution in [-0.4, -0.2) is 12.6 Å². The van der Waals surface area contributed by atoms with Gasteiger partial charge in [0.25, 0.3) is 0 Å². The molecular weight excluding hydrogens is 645 g/mol. The van der Waals surface area contributed by atoms with Gasteiger partial charge >= 0.3 is 5.97 Å². The van der Waals surface area contributed by atoms with E-state index in [9.17, 15) is 4.79 Å². The highest BCUT2D eigenvalue weighted by molar-refractivity contribution is 5.69. The second-order valence-corrected chi connectivity index (χ2v) is 17.5. The third kappa shape index (κ3) is 49.5. The molecule has 0 radical (unpaired) electrons. The summed E-state index contributed by atoms with van der Waals surface area (Å²) in [7, 11) is 0. The van der Waals surface area contributed by atoms with Gasteiger partial charge in [-0.05, 0) is 12.8 Å². The molecule has 53 heavy (non-hydrogen) atoms. The number of ether oxygens (including phenoxy) is 1. The maximum Gasteiger partial charge on any atom is 0.305 e. The maximum atomic E-state index is 12.1. The third-order valence-corrected chi connectivity index (χ3v) is 12.0. The van der Waals surface area contributed by atoms with Gasteiger partial charge in [-0.25, -0.2) is 0 Å². The van der Waals surface area contributed by atoms with Gasteiger partial charge in [-0.3, -0.25) is 4.79 Å². The summed E-state index contributed by atoms with van der Waals surface area (Å²) in [6.45, 7) is 5.24. The van der Waals surface area contributed by atoms with Crippen molar-refractivity contribution in [1.82, 2.24) is 0 Å². The molecule has 0 rings (SSSR count). The molecule has 0 atom stereocenters. The van der Waals surface area contributed by atoms with Crippen molar-refractivity contribution in [3.63, 3.8) is 0 Å². The summed E-state index contributed by atoms with van der Waals surface area (Å²) in [6, 6.07) is 0. The fraction of sp³-hybridized carbons (Fsp3) is 0.980. The minimum Gasteiger partial charge on any atom is -0.466 e. The first-order valence-electron chi connectivity index (χ1n) is 25.5. The SMILES string of the molecule is CCCCCCCCCCCCCCCCCCCCCCCCCCCCOC(=O)CCCCCCCCCCCCCCCCCCCCCC. The second-order valence-electron chi connectivity index (χ2n) is 17.5. The molecular formula is C51H102O2. The zero-order chi connectivity index (χ0) is 38.2. The first kappa shape index (κ1) is 52.5. The minimum absolute atomic E-state index is 0.0343. The van der Waals surface area contributed by atoms with Crippen LogP contribution in [0.2, 0.25) is 0 Å². The van der Waals surface area contributed by atoms with Gasteiger partial charge < -0.3 is 4.74 Å². The number of carbonyl (C=O) groups excluding carboxylic acids is 1. The van der Waals surface area contributed by atoms with Gasteiger partial charge in [-0.2, -0.15) is 0 Å². The lowest BCUT2D eigenvalue weighted by Crippen LogP contribution is -2.05. The Balaban J connectivity index is 3.14. The van der Waals surface area contributed by atoms with Crippen molar-refractivity contribution >= 4 is 5.97 Å². The quantitative estimate of drug-likeness (QED) is 0.0458. The number of carbonyl (C=O) groups is 1. The molecule has 0 aliphatic heterocycles. The molecule has 0 aliphatic rings. The van der Waals surface area contributed by atoms with Crippen LogP contribution in [0.3, 0.4) is 0 Å². The van der Waals surface area contributed by atoms with Gasteiger partial charge in [-0.1, -0.05) is 296 Å². The van der Waals surface area contributed by atoms with E-state index in [0.717, 1.165) is 12.8 Å². The molecule has 0 aromatic rings. The van der Waals surface area contributed by atoms with E-state index in [0.29, 0.717) is 13.0 Å². The first-order valence-corrected chi connectivity index (χ1v) is 25.5. The average molecular weight is 747 g/mol. The predicted molar refractivity (Wildman–Crippen MR) is 239 cm³/mol. The van der Waals surface area contributed by atoms with Crippen molar-refractivity contribution in [2.24, 2.45) is 0 Å². The number of esters is 1. The van der Waals surface area contributed by atoms with Crippen LogP contribution in [0.25, 0.3) is 0 Å². The molecule has 0 aliphatic carbocycles. The van der Waals surface area contributed by atoms with Gasteiger partial charge in [-0.15, -0.1) is 0 Å². The predicted octanol–water partition coefficient (Wildman–Crippen LogP) is 18.9. The Morgan fingerprint density at radius 2 is 0.415 bits per heavy atom. The summed E-state index contributed by atoms with van der Waals surface area (Å²) >= 11 is 0. The van der Waals surface area contributed by atoms with Crippen LogP contribution in [0.15, 0.2) is 0 Å². The van der Waals surface area contributed by atoms with E-state index >= 15 is 0 Å². The minimum atomic E-state index is 0.0343. The van der Waals surface area contributed by atoms with E-state index in [1.54, 1.807) is 0 Å². The Bertz CT molecular complexity index is 644. The largest absolute Gasteiger partial charge is 0.466 e. The summed E-state index contributed by atoms with van der Waals surface area (Å²) < 4.78 is 5.50. The highest BCUT2D eigenvalue weighted by Gasteiger charge is 2.03. The van der Waals surface area contributed by atoms with Crippen molar-refractivity contribution in [1.29, 1.82) is 0 Å². The molecule has 0 spiro atoms. The standard InChI is InChI=1S/C51H102O2/c1-3-5-7-9-11-13-15-17-19-21-23-25-26-27-28-29-30-32-34-36-38-40-42-44-46-48-50-53-51(52)49-47-45-43-41-39-37-35-33-31-24-22-20-18-16-14-12-10-8-6-4-2/h3-50H2,1-2H3. The van der Waals surface area contributed by atoms with Crippen molar-refractivity contribution in [2.45, 2.75) is 316 Å². The molecule has 0 fully saturated rings. The lowest BCUT2D eigenvalue weighted by atomic mass is 10.0. The Kier molecular flexibility index (Phi) is 49.0. The number of hydrogen-bond donors (Lipinski definition) is 0. The number of hydrogen-bond acceptors (Lipinski definition) is 2. The second kappa shape index (κ2) is 49.5. The van der Waals surface area contributed by atoms with Crippen molar-refractivity contribution in [3.8, 4) is 0 Å². The zero-order valence-corrected chi connectivity index (χ0v) is 37.3. The number of unbranched alkanes of at least 4 members (excludes halogenated alkanes) is 44. The van der Waals surface area contributed by atoms with E-state index in [1.807, 2.05) is 0 Å². The van der Waals surface area contributed by atoms with Crippen LogP contribution in [0, 0.1) is 0 Å². The lowest BCUT2D eigenvalue weighted by Gasteiger charge is -2.06. The number of rotatable bonds is 48. The average Bonchev–Trinajstić information content (AvgIpc) is 3.16. The molecule has 318 valence electrons. The van der Waals surface area contributed by atoms with Crippen molar-refractivity contribution in [2.75, 3.05) is 6.61 Å². The Labute approximate surface area is 336 Å². The Morgan fingerprint density at radius 1 is 0.245 bits per heavy atom. The smallest absolute Gasteiger partial charge is 0.305 e. The van der Waals surface area contributed by atoms with E-state index in [4.69, 9.17) is 4.74 Å². The van der Waals surface area contributed by atoms with Gasteiger partial charge in [0.15, 0.2) is 0 Å². The van der Waals surface area contributed by atoms with Crippen molar-refractivity contribution < 1.29 is 9.53 Å². The molecule has 0 amide bonds. The molecule has 0 aromatic heterocycles. The summed E-state index contributed by atoms with van der Waals surface area (Å²) in [5, 5.41) is 0. The van der Waals surface area contributed by atoms with Crippen LogP contribution >= 0.6 is 0 Å². The fourth-order valence-corrected chi connectivity index (χ4v) is 8.20. The van der Waals surface area contributed by atoms with Crippen LogP contribution in [-0.2, 0) is 9.53 Å². The van der Waals surface area contributed by atoms with E-state index in [2.05, 4.69) is 13.8 Å². The first-order chi connectivity index (χ1) is 26.3. The molecule has 0 aromatic carbocycles. The zero-order valence-electron chi connectivity index (χ0n) is 37.3. The molecule has 0 N–H and O–H groups in total. The van der Waals surface area contributed by atoms with E-state index in [1.165, 1.54) is 283 Å². The fourth-order valence-electron chi connectivity index (χ4n) is 8.20. The van der Waals surface area contributed by atoms with Crippen LogP contribution in [0.4, 0.5) is 0 Å². The summed E-state index contributed by atoms with van der Waals surface area (Å²) in [5.74, 6) is 0.0343. The summed E-state index contributed by atoms with van der Waals surface area (Å²) in [5.41, 5.74) is 0. The Hall–Kier alpha value is -0.530. The molecule has 0 heterocycles. The van der Waals surface area contributed by atoms with Crippen LogP contribution in [0.5, 0.6) is 0 Å². The van der Waals surface area contributed by atoms with Crippen molar-refractivity contribution in [3.05, 3.63) is 0 Å². The third-order valence-electron chi connectivity index (χ3n) is 12.0. The molecule has 0 unspecified atom stereocenters. The van der Waals surface area contributed by atoms with Gasteiger partial charge in [0.05, 0.1) is 6.61 Å². The highest BCUT2D eigenvalue weighted by Crippen LogP contribution is 2.18. The Morgan fingerprint density at radius 3 is 0.623 bits per heavy atom. The molecule has 0 bridgehead atoms. The monoisotopic (exact) mass is 747 g/mol. The summed E-state index contributed by atoms with van der Waals surface area (Å²) in [4.78, 5) is 12.1. The van der Waals surface area contributed by atoms with Gasteiger partial charge in [0.1, 0.15) is 0 Å². The van der Waals surface area contributed by atoms with Gasteiger partial charge in [0.2, 0.25) is 0 Å². The normalized spacial score (nSPS) is 11.5.